The minimum absolute atomic E-state index is 0.205. The van der Waals surface area contributed by atoms with Crippen molar-refractivity contribution in [2.45, 2.75) is 50.8 Å². The number of hydrogen-bond donors (Lipinski definition) is 2. The van der Waals surface area contributed by atoms with Gasteiger partial charge in [0, 0.05) is 35.6 Å². The molecule has 0 radical (unpaired) electrons. The Morgan fingerprint density at radius 1 is 1.38 bits per heavy atom. The van der Waals surface area contributed by atoms with E-state index < -0.39 is 17.6 Å². The molecule has 29 heavy (non-hydrogen) atoms. The molecule has 1 aliphatic carbocycles. The molecule has 2 aliphatic rings. The Labute approximate surface area is 174 Å². The van der Waals surface area contributed by atoms with Crippen molar-refractivity contribution in [2.24, 2.45) is 0 Å². The molecule has 6 nitrogen and oxygen atoms in total. The summed E-state index contributed by atoms with van der Waals surface area (Å²) in [6.07, 6.45) is 3.83. The minimum atomic E-state index is -1.60. The van der Waals surface area contributed by atoms with Crippen LogP contribution in [0.15, 0.2) is 36.5 Å². The fourth-order valence-electron chi connectivity index (χ4n) is 4.32. The van der Waals surface area contributed by atoms with E-state index in [2.05, 4.69) is 10.3 Å². The second-order valence-corrected chi connectivity index (χ2v) is 8.24. The molecule has 7 heteroatoms. The number of carbonyl (C=O) groups excluding carboxylic acids is 2. The molecule has 0 bridgehead atoms. The van der Waals surface area contributed by atoms with Gasteiger partial charge in [0.25, 0.3) is 5.91 Å². The number of aliphatic hydroxyl groups is 1. The van der Waals surface area contributed by atoms with Gasteiger partial charge in [-0.3, -0.25) is 14.6 Å². The van der Waals surface area contributed by atoms with Gasteiger partial charge < -0.3 is 15.3 Å². The zero-order chi connectivity index (χ0) is 20.6. The number of hydrogen-bond acceptors (Lipinski definition) is 4. The van der Waals surface area contributed by atoms with E-state index in [1.54, 1.807) is 18.3 Å². The number of nitrogens with zero attached hydrogens (tertiary/aromatic N) is 2. The molecule has 0 saturated carbocycles. The molecule has 2 N–H and O–H groups in total. The number of carbonyl (C=O) groups is 2. The zero-order valence-electron chi connectivity index (χ0n) is 16.3. The molecule has 1 aromatic carbocycles. The van der Waals surface area contributed by atoms with Crippen LogP contribution < -0.4 is 5.32 Å². The van der Waals surface area contributed by atoms with Crippen LogP contribution >= 0.6 is 11.6 Å². The van der Waals surface area contributed by atoms with Crippen molar-refractivity contribution in [3.63, 3.8) is 0 Å². The zero-order valence-corrected chi connectivity index (χ0v) is 17.1. The summed E-state index contributed by atoms with van der Waals surface area (Å²) in [6, 6.07) is 8.46. The van der Waals surface area contributed by atoms with E-state index in [0.717, 1.165) is 23.2 Å². The number of benzene rings is 1. The van der Waals surface area contributed by atoms with Crippen molar-refractivity contribution in [3.05, 3.63) is 63.9 Å². The van der Waals surface area contributed by atoms with Crippen LogP contribution in [-0.2, 0) is 28.2 Å². The summed E-state index contributed by atoms with van der Waals surface area (Å²) in [6.45, 7) is 2.77. The van der Waals surface area contributed by atoms with Crippen molar-refractivity contribution in [1.82, 2.24) is 15.2 Å². The number of pyridine rings is 1. The lowest BCUT2D eigenvalue weighted by molar-refractivity contribution is -0.155. The summed E-state index contributed by atoms with van der Waals surface area (Å²) in [5, 5.41) is 14.7. The van der Waals surface area contributed by atoms with Gasteiger partial charge in [0.1, 0.15) is 6.04 Å². The van der Waals surface area contributed by atoms with Crippen molar-refractivity contribution in [1.29, 1.82) is 0 Å². The summed E-state index contributed by atoms with van der Waals surface area (Å²) in [7, 11) is 0. The normalized spacial score (nSPS) is 23.1. The van der Waals surface area contributed by atoms with Crippen molar-refractivity contribution >= 4 is 23.4 Å². The molecular formula is C22H24ClN3O3. The molecule has 152 valence electrons. The van der Waals surface area contributed by atoms with Crippen molar-refractivity contribution in [3.8, 4) is 0 Å². The summed E-state index contributed by atoms with van der Waals surface area (Å²) >= 11 is 6.05. The molecule has 1 fully saturated rings. The van der Waals surface area contributed by atoms with Crippen LogP contribution in [0.3, 0.4) is 0 Å². The first-order valence-corrected chi connectivity index (χ1v) is 10.3. The van der Waals surface area contributed by atoms with Crippen LogP contribution in [-0.4, -0.2) is 39.4 Å². The van der Waals surface area contributed by atoms with E-state index in [9.17, 15) is 14.7 Å². The Morgan fingerprint density at radius 3 is 3.03 bits per heavy atom. The molecule has 0 spiro atoms. The number of amides is 2. The third-order valence-corrected chi connectivity index (χ3v) is 6.23. The Morgan fingerprint density at radius 2 is 2.21 bits per heavy atom. The first-order chi connectivity index (χ1) is 13.9. The summed E-state index contributed by atoms with van der Waals surface area (Å²) in [5.41, 5.74) is 1.69. The van der Waals surface area contributed by atoms with Crippen LogP contribution in [0.5, 0.6) is 0 Å². The largest absolute Gasteiger partial charge is 0.375 e. The lowest BCUT2D eigenvalue weighted by atomic mass is 9.95. The standard InChI is InChI=1S/C22H24ClN3O3/c1-14-6-7-16(23)12-15(14)13-25-20(27)19-5-3-11-26(19)21(28)22(29)9-8-18-17(22)4-2-10-24-18/h2,4,6-7,10,12,19,29H,3,5,8-9,11,13H2,1H3,(H,25,27)/t19-,22?/m0/s1. The maximum Gasteiger partial charge on any atom is 0.259 e. The number of fused-ring (bicyclic) bond motifs is 1. The van der Waals surface area contributed by atoms with Gasteiger partial charge in [-0.1, -0.05) is 23.7 Å². The molecular weight excluding hydrogens is 390 g/mol. The molecule has 1 aromatic heterocycles. The summed E-state index contributed by atoms with van der Waals surface area (Å²) in [5.74, 6) is -0.607. The first-order valence-electron chi connectivity index (χ1n) is 9.91. The summed E-state index contributed by atoms with van der Waals surface area (Å²) < 4.78 is 0. The highest BCUT2D eigenvalue weighted by molar-refractivity contribution is 6.30. The lowest BCUT2D eigenvalue weighted by Crippen LogP contribution is -2.52. The highest BCUT2D eigenvalue weighted by atomic mass is 35.5. The van der Waals surface area contributed by atoms with E-state index in [1.807, 2.05) is 25.1 Å². The monoisotopic (exact) mass is 413 g/mol. The molecule has 2 heterocycles. The van der Waals surface area contributed by atoms with E-state index in [0.29, 0.717) is 42.9 Å². The third-order valence-electron chi connectivity index (χ3n) is 5.99. The van der Waals surface area contributed by atoms with Gasteiger partial charge in [0.2, 0.25) is 5.91 Å². The Hall–Kier alpha value is -2.44. The highest BCUT2D eigenvalue weighted by Gasteiger charge is 2.49. The van der Waals surface area contributed by atoms with Gasteiger partial charge in [-0.15, -0.1) is 0 Å². The molecule has 2 aromatic rings. The van der Waals surface area contributed by atoms with Crippen LogP contribution in [0.2, 0.25) is 5.02 Å². The van der Waals surface area contributed by atoms with Gasteiger partial charge in [-0.25, -0.2) is 0 Å². The Bertz CT molecular complexity index is 964. The smallest absolute Gasteiger partial charge is 0.259 e. The van der Waals surface area contributed by atoms with Gasteiger partial charge in [-0.05, 0) is 61.9 Å². The molecule has 4 rings (SSSR count). The van der Waals surface area contributed by atoms with Crippen LogP contribution in [0.4, 0.5) is 0 Å². The first kappa shape index (κ1) is 19.9. The Balaban J connectivity index is 1.48. The number of aromatic nitrogens is 1. The van der Waals surface area contributed by atoms with Crippen LogP contribution in [0.25, 0.3) is 0 Å². The average molecular weight is 414 g/mol. The topological polar surface area (TPSA) is 82.5 Å². The molecule has 2 atom stereocenters. The van der Waals surface area contributed by atoms with E-state index in [4.69, 9.17) is 11.6 Å². The number of aryl methyl sites for hydroxylation is 2. The second-order valence-electron chi connectivity index (χ2n) is 7.80. The van der Waals surface area contributed by atoms with E-state index >= 15 is 0 Å². The van der Waals surface area contributed by atoms with Gasteiger partial charge >= 0.3 is 0 Å². The van der Waals surface area contributed by atoms with Gasteiger partial charge in [-0.2, -0.15) is 0 Å². The number of halogens is 1. The minimum Gasteiger partial charge on any atom is -0.375 e. The molecule has 1 saturated heterocycles. The van der Waals surface area contributed by atoms with Gasteiger partial charge in [0.15, 0.2) is 5.60 Å². The lowest BCUT2D eigenvalue weighted by Gasteiger charge is -2.32. The van der Waals surface area contributed by atoms with Crippen molar-refractivity contribution < 1.29 is 14.7 Å². The second kappa shape index (κ2) is 7.76. The average Bonchev–Trinajstić information content (AvgIpc) is 3.34. The highest BCUT2D eigenvalue weighted by Crippen LogP contribution is 2.38. The molecule has 2 amide bonds. The Kier molecular flexibility index (Phi) is 5.32. The van der Waals surface area contributed by atoms with E-state index in [1.165, 1.54) is 4.90 Å². The van der Waals surface area contributed by atoms with Crippen LogP contribution in [0, 0.1) is 6.92 Å². The SMILES string of the molecule is Cc1ccc(Cl)cc1CNC(=O)[C@@H]1CCCN1C(=O)C1(O)CCc2ncccc21. The van der Waals surface area contributed by atoms with E-state index in [-0.39, 0.29) is 5.91 Å². The molecule has 1 unspecified atom stereocenters. The number of likely N-dealkylation sites (tertiary alicyclic amines) is 1. The van der Waals surface area contributed by atoms with Gasteiger partial charge in [0.05, 0.1) is 0 Å². The quantitative estimate of drug-likeness (QED) is 0.806. The fraction of sp³-hybridized carbons (Fsp3) is 0.409. The number of rotatable bonds is 4. The van der Waals surface area contributed by atoms with Crippen molar-refractivity contribution in [2.75, 3.05) is 6.54 Å². The van der Waals surface area contributed by atoms with Crippen LogP contribution in [0.1, 0.15) is 41.6 Å². The maximum absolute atomic E-state index is 13.3. The predicted octanol–water partition coefficient (Wildman–Crippen LogP) is 2.48. The fourth-order valence-corrected chi connectivity index (χ4v) is 4.52. The predicted molar refractivity (Wildman–Crippen MR) is 109 cm³/mol. The molecule has 1 aliphatic heterocycles. The maximum atomic E-state index is 13.3. The third kappa shape index (κ3) is 3.63. The summed E-state index contributed by atoms with van der Waals surface area (Å²) in [4.78, 5) is 31.9. The number of nitrogens with one attached hydrogen (secondary N) is 1.